The van der Waals surface area contributed by atoms with Crippen LogP contribution in [0.2, 0.25) is 0 Å². The third kappa shape index (κ3) is 4.80. The van der Waals surface area contributed by atoms with E-state index in [1.54, 1.807) is 19.2 Å². The van der Waals surface area contributed by atoms with Gasteiger partial charge >= 0.3 is 0 Å². The third-order valence-corrected chi connectivity index (χ3v) is 3.86. The number of allylic oxidation sites excluding steroid dienone is 2. The molecule has 0 atom stereocenters. The lowest BCUT2D eigenvalue weighted by molar-refractivity contribution is 0.373. The van der Waals surface area contributed by atoms with Crippen molar-refractivity contribution in [3.63, 3.8) is 0 Å². The van der Waals surface area contributed by atoms with Gasteiger partial charge in [-0.3, -0.25) is 0 Å². The molecule has 0 spiro atoms. The largest absolute Gasteiger partial charge is 0.504 e. The molecule has 0 fully saturated rings. The maximum absolute atomic E-state index is 9.70. The van der Waals surface area contributed by atoms with Gasteiger partial charge in [0.25, 0.3) is 0 Å². The van der Waals surface area contributed by atoms with Crippen LogP contribution < -0.4 is 15.2 Å². The van der Waals surface area contributed by atoms with E-state index in [1.807, 2.05) is 30.4 Å². The Morgan fingerprint density at radius 3 is 2.40 bits per heavy atom. The number of nitrogen functional groups attached to an aromatic ring is 1. The summed E-state index contributed by atoms with van der Waals surface area (Å²) in [7, 11) is 3.18. The summed E-state index contributed by atoms with van der Waals surface area (Å²) < 4.78 is 10.7. The first kappa shape index (κ1) is 18.5. The molecule has 2 rings (SSSR count). The van der Waals surface area contributed by atoms with Crippen LogP contribution in [0.5, 0.6) is 17.2 Å². The lowest BCUT2D eigenvalue weighted by Crippen LogP contribution is -1.97. The second-order valence-corrected chi connectivity index (χ2v) is 6.04. The van der Waals surface area contributed by atoms with Crippen molar-refractivity contribution in [3.8, 4) is 17.2 Å². The highest BCUT2D eigenvalue weighted by Gasteiger charge is 2.08. The summed E-state index contributed by atoms with van der Waals surface area (Å²) in [5.41, 5.74) is 10.9. The second-order valence-electron chi connectivity index (χ2n) is 6.04. The monoisotopic (exact) mass is 339 g/mol. The molecular weight excluding hydrogens is 314 g/mol. The molecule has 0 bridgehead atoms. The molecule has 0 saturated heterocycles. The Bertz CT molecular complexity index is 803. The Morgan fingerprint density at radius 2 is 1.76 bits per heavy atom. The smallest absolute Gasteiger partial charge is 0.161 e. The minimum absolute atomic E-state index is 0.120. The highest BCUT2D eigenvalue weighted by Crippen LogP contribution is 2.30. The first-order valence-electron chi connectivity index (χ1n) is 8.09. The fraction of sp³-hybridized carbons (Fsp3) is 0.238. The van der Waals surface area contributed by atoms with E-state index in [2.05, 4.69) is 19.9 Å². The quantitative estimate of drug-likeness (QED) is 0.456. The number of aromatic hydroxyl groups is 1. The first-order chi connectivity index (χ1) is 11.9. The van der Waals surface area contributed by atoms with Gasteiger partial charge in [0.15, 0.2) is 11.5 Å². The highest BCUT2D eigenvalue weighted by molar-refractivity contribution is 5.75. The number of hydrogen-bond acceptors (Lipinski definition) is 4. The molecular formula is C21H25NO3. The van der Waals surface area contributed by atoms with Gasteiger partial charge in [-0.15, -0.1) is 0 Å². The van der Waals surface area contributed by atoms with E-state index in [4.69, 9.17) is 15.2 Å². The lowest BCUT2D eigenvalue weighted by atomic mass is 10.00. The first-order valence-corrected chi connectivity index (χ1v) is 8.09. The summed E-state index contributed by atoms with van der Waals surface area (Å²) in [6, 6.07) is 9.00. The lowest BCUT2D eigenvalue weighted by Gasteiger charge is -2.12. The van der Waals surface area contributed by atoms with Crippen molar-refractivity contribution in [3.05, 3.63) is 58.7 Å². The zero-order chi connectivity index (χ0) is 18.4. The molecule has 0 unspecified atom stereocenters. The van der Waals surface area contributed by atoms with E-state index in [9.17, 15) is 5.11 Å². The van der Waals surface area contributed by atoms with Crippen LogP contribution in [0.4, 0.5) is 5.69 Å². The number of hydrogen-bond donors (Lipinski definition) is 2. The summed E-state index contributed by atoms with van der Waals surface area (Å²) in [6.07, 6.45) is 6.89. The zero-order valence-electron chi connectivity index (χ0n) is 15.2. The van der Waals surface area contributed by atoms with E-state index in [0.29, 0.717) is 11.4 Å². The van der Waals surface area contributed by atoms with Gasteiger partial charge in [-0.25, -0.2) is 0 Å². The van der Waals surface area contributed by atoms with Crippen molar-refractivity contribution in [2.75, 3.05) is 20.0 Å². The molecule has 132 valence electrons. The Morgan fingerprint density at radius 1 is 1.04 bits per heavy atom. The van der Waals surface area contributed by atoms with Gasteiger partial charge in [-0.1, -0.05) is 29.9 Å². The van der Waals surface area contributed by atoms with Crippen molar-refractivity contribution in [1.82, 2.24) is 0 Å². The maximum atomic E-state index is 9.70. The molecule has 2 aromatic carbocycles. The van der Waals surface area contributed by atoms with Crippen LogP contribution in [0.3, 0.4) is 0 Å². The Kier molecular flexibility index (Phi) is 6.12. The number of anilines is 1. The molecule has 0 radical (unpaired) electrons. The van der Waals surface area contributed by atoms with Crippen LogP contribution in [-0.2, 0) is 6.42 Å². The summed E-state index contributed by atoms with van der Waals surface area (Å²) >= 11 is 0. The molecule has 0 amide bonds. The fourth-order valence-electron chi connectivity index (χ4n) is 2.53. The summed E-state index contributed by atoms with van der Waals surface area (Å²) in [5, 5.41) is 9.70. The Balaban J connectivity index is 2.43. The van der Waals surface area contributed by atoms with Crippen LogP contribution in [0.25, 0.3) is 12.2 Å². The molecule has 0 saturated carbocycles. The summed E-state index contributed by atoms with van der Waals surface area (Å²) in [5.74, 6) is 1.34. The number of methoxy groups -OCH3 is 2. The molecule has 2 aromatic rings. The predicted molar refractivity (Wildman–Crippen MR) is 104 cm³/mol. The minimum atomic E-state index is 0.120. The number of rotatable bonds is 6. The van der Waals surface area contributed by atoms with Gasteiger partial charge in [0, 0.05) is 17.3 Å². The molecule has 4 heteroatoms. The van der Waals surface area contributed by atoms with Crippen molar-refractivity contribution in [2.45, 2.75) is 20.3 Å². The molecule has 0 aliphatic rings. The Labute approximate surface area is 149 Å². The SMILES string of the molecule is COc1cc(/C=C/c2cc(N)cc(OC)c2CC=C(C)C)ccc1O. The molecule has 4 nitrogen and oxygen atoms in total. The molecule has 0 aliphatic heterocycles. The van der Waals surface area contributed by atoms with E-state index in [1.165, 1.54) is 12.7 Å². The van der Waals surface area contributed by atoms with Gasteiger partial charge in [0.2, 0.25) is 0 Å². The molecule has 3 N–H and O–H groups in total. The van der Waals surface area contributed by atoms with Crippen LogP contribution in [0.1, 0.15) is 30.5 Å². The minimum Gasteiger partial charge on any atom is -0.504 e. The van der Waals surface area contributed by atoms with Gasteiger partial charge in [-0.2, -0.15) is 0 Å². The van der Waals surface area contributed by atoms with Gasteiger partial charge < -0.3 is 20.3 Å². The molecule has 25 heavy (non-hydrogen) atoms. The van der Waals surface area contributed by atoms with E-state index >= 15 is 0 Å². The van der Waals surface area contributed by atoms with E-state index in [-0.39, 0.29) is 5.75 Å². The highest BCUT2D eigenvalue weighted by atomic mass is 16.5. The van der Waals surface area contributed by atoms with Gasteiger partial charge in [-0.05, 0) is 49.6 Å². The molecule has 0 heterocycles. The number of phenols is 1. The second kappa shape index (κ2) is 8.29. The molecule has 0 aromatic heterocycles. The van der Waals surface area contributed by atoms with Crippen molar-refractivity contribution < 1.29 is 14.6 Å². The average Bonchev–Trinajstić information content (AvgIpc) is 2.59. The van der Waals surface area contributed by atoms with Crippen molar-refractivity contribution in [2.24, 2.45) is 0 Å². The normalized spacial score (nSPS) is 10.7. The van der Waals surface area contributed by atoms with Crippen molar-refractivity contribution in [1.29, 1.82) is 0 Å². The van der Waals surface area contributed by atoms with Gasteiger partial charge in [0.05, 0.1) is 14.2 Å². The predicted octanol–water partition coefficient (Wildman–Crippen LogP) is 4.67. The average molecular weight is 339 g/mol. The third-order valence-electron chi connectivity index (χ3n) is 3.86. The van der Waals surface area contributed by atoms with E-state index in [0.717, 1.165) is 28.9 Å². The summed E-state index contributed by atoms with van der Waals surface area (Å²) in [4.78, 5) is 0. The number of ether oxygens (including phenoxy) is 2. The topological polar surface area (TPSA) is 64.7 Å². The number of phenolic OH excluding ortho intramolecular Hbond substituents is 1. The Hall–Kier alpha value is -2.88. The maximum Gasteiger partial charge on any atom is 0.161 e. The fourth-order valence-corrected chi connectivity index (χ4v) is 2.53. The standard InChI is InChI=1S/C21H25NO3/c1-14(2)5-9-18-16(12-17(22)13-20(18)24-3)8-6-15-7-10-19(23)21(11-15)25-4/h5-8,10-13,23H,9,22H2,1-4H3/b8-6+. The van der Waals surface area contributed by atoms with Crippen molar-refractivity contribution >= 4 is 17.8 Å². The van der Waals surface area contributed by atoms with Crippen LogP contribution in [0.15, 0.2) is 42.0 Å². The van der Waals surface area contributed by atoms with Gasteiger partial charge in [0.1, 0.15) is 5.75 Å². The summed E-state index contributed by atoms with van der Waals surface area (Å²) in [6.45, 7) is 4.14. The number of benzene rings is 2. The van der Waals surface area contributed by atoms with Crippen LogP contribution in [0, 0.1) is 0 Å². The van der Waals surface area contributed by atoms with Crippen LogP contribution >= 0.6 is 0 Å². The van der Waals surface area contributed by atoms with Crippen LogP contribution in [-0.4, -0.2) is 19.3 Å². The number of nitrogens with two attached hydrogens (primary N) is 1. The molecule has 0 aliphatic carbocycles. The zero-order valence-corrected chi connectivity index (χ0v) is 15.2. The van der Waals surface area contributed by atoms with E-state index < -0.39 is 0 Å².